The fraction of sp³-hybridized carbons (Fsp3) is 0.692. The van der Waals surface area contributed by atoms with E-state index in [0.29, 0.717) is 22.9 Å². The predicted molar refractivity (Wildman–Crippen MR) is 76.2 cm³/mol. The predicted octanol–water partition coefficient (Wildman–Crippen LogP) is 3.41. The Balaban J connectivity index is 2.08. The summed E-state index contributed by atoms with van der Waals surface area (Å²) in [6.07, 6.45) is 5.35. The second kappa shape index (κ2) is 5.74. The molecule has 5 heteroatoms. The van der Waals surface area contributed by atoms with Gasteiger partial charge in [-0.25, -0.2) is 4.98 Å². The van der Waals surface area contributed by atoms with E-state index in [1.807, 2.05) is 0 Å². The zero-order valence-corrected chi connectivity index (χ0v) is 12.0. The maximum Gasteiger partial charge on any atom is 0.224 e. The maximum absolute atomic E-state index is 6.13. The van der Waals surface area contributed by atoms with Crippen LogP contribution in [0.5, 0.6) is 0 Å². The Hall–Kier alpha value is -1.03. The molecule has 0 radical (unpaired) electrons. The Morgan fingerprint density at radius 1 is 1.33 bits per heavy atom. The van der Waals surface area contributed by atoms with Crippen LogP contribution in [0.4, 0.5) is 11.8 Å². The van der Waals surface area contributed by atoms with Gasteiger partial charge < -0.3 is 10.6 Å². The molecule has 1 aliphatic rings. The quantitative estimate of drug-likeness (QED) is 0.882. The third-order valence-electron chi connectivity index (χ3n) is 3.72. The second-order valence-corrected chi connectivity index (χ2v) is 5.69. The van der Waals surface area contributed by atoms with Crippen molar-refractivity contribution in [1.82, 2.24) is 9.97 Å². The van der Waals surface area contributed by atoms with Crippen LogP contribution < -0.4 is 10.6 Å². The molecule has 1 aliphatic carbocycles. The highest BCUT2D eigenvalue weighted by molar-refractivity contribution is 6.32. The van der Waals surface area contributed by atoms with Crippen molar-refractivity contribution in [2.24, 2.45) is 11.8 Å². The first kappa shape index (κ1) is 13.4. The van der Waals surface area contributed by atoms with Crippen molar-refractivity contribution >= 4 is 23.4 Å². The molecule has 3 atom stereocenters. The molecule has 1 aromatic rings. The van der Waals surface area contributed by atoms with Gasteiger partial charge in [-0.15, -0.1) is 0 Å². The lowest BCUT2D eigenvalue weighted by Crippen LogP contribution is -2.33. The van der Waals surface area contributed by atoms with Gasteiger partial charge in [0.2, 0.25) is 5.95 Å². The van der Waals surface area contributed by atoms with Crippen molar-refractivity contribution in [2.75, 3.05) is 17.7 Å². The van der Waals surface area contributed by atoms with E-state index in [9.17, 15) is 0 Å². The standard InChI is InChI=1S/C13H21ClN4/c1-8-4-5-11(9(2)6-8)17-12-10(14)7-16-13(15-3)18-12/h7-9,11H,4-6H2,1-3H3,(H2,15,16,17,18). The first-order valence-corrected chi connectivity index (χ1v) is 6.94. The topological polar surface area (TPSA) is 49.8 Å². The van der Waals surface area contributed by atoms with Crippen LogP contribution in [0.15, 0.2) is 6.20 Å². The summed E-state index contributed by atoms with van der Waals surface area (Å²) in [5.74, 6) is 2.81. The molecule has 18 heavy (non-hydrogen) atoms. The second-order valence-electron chi connectivity index (χ2n) is 5.29. The highest BCUT2D eigenvalue weighted by Crippen LogP contribution is 2.31. The van der Waals surface area contributed by atoms with E-state index in [1.165, 1.54) is 19.3 Å². The van der Waals surface area contributed by atoms with Crippen LogP contribution in [0.1, 0.15) is 33.1 Å². The summed E-state index contributed by atoms with van der Waals surface area (Å²) in [4.78, 5) is 8.46. The Morgan fingerprint density at radius 2 is 2.11 bits per heavy atom. The van der Waals surface area contributed by atoms with Gasteiger partial charge in [-0.1, -0.05) is 25.4 Å². The Morgan fingerprint density at radius 3 is 2.78 bits per heavy atom. The van der Waals surface area contributed by atoms with Crippen LogP contribution in [0.3, 0.4) is 0 Å². The molecule has 0 aliphatic heterocycles. The van der Waals surface area contributed by atoms with E-state index in [2.05, 4.69) is 34.4 Å². The SMILES string of the molecule is CNc1ncc(Cl)c(NC2CCC(C)CC2C)n1. The monoisotopic (exact) mass is 268 g/mol. The van der Waals surface area contributed by atoms with Crippen molar-refractivity contribution in [3.63, 3.8) is 0 Å². The number of nitrogens with one attached hydrogen (secondary N) is 2. The first-order valence-electron chi connectivity index (χ1n) is 6.57. The molecule has 1 aromatic heterocycles. The van der Waals surface area contributed by atoms with E-state index in [4.69, 9.17) is 11.6 Å². The van der Waals surface area contributed by atoms with Crippen LogP contribution >= 0.6 is 11.6 Å². The minimum Gasteiger partial charge on any atom is -0.366 e. The summed E-state index contributed by atoms with van der Waals surface area (Å²) in [7, 11) is 1.80. The van der Waals surface area contributed by atoms with E-state index < -0.39 is 0 Å². The summed E-state index contributed by atoms with van der Waals surface area (Å²) in [6.45, 7) is 4.62. The fourth-order valence-corrected chi connectivity index (χ4v) is 2.79. The summed E-state index contributed by atoms with van der Waals surface area (Å²) in [6, 6.07) is 0.457. The normalized spacial score (nSPS) is 27.9. The molecule has 1 saturated carbocycles. The molecule has 0 spiro atoms. The molecular formula is C13H21ClN4. The van der Waals surface area contributed by atoms with Crippen LogP contribution in [0, 0.1) is 11.8 Å². The van der Waals surface area contributed by atoms with Gasteiger partial charge in [0.05, 0.1) is 6.20 Å². The average Bonchev–Trinajstić information content (AvgIpc) is 2.35. The third kappa shape index (κ3) is 3.05. The average molecular weight is 269 g/mol. The molecule has 0 saturated heterocycles. The molecule has 1 fully saturated rings. The highest BCUT2D eigenvalue weighted by Gasteiger charge is 2.26. The van der Waals surface area contributed by atoms with Crippen molar-refractivity contribution in [1.29, 1.82) is 0 Å². The summed E-state index contributed by atoms with van der Waals surface area (Å²) >= 11 is 6.13. The minimum absolute atomic E-state index is 0.457. The number of hydrogen-bond acceptors (Lipinski definition) is 4. The molecule has 3 unspecified atom stereocenters. The van der Waals surface area contributed by atoms with Gasteiger partial charge in [0.15, 0.2) is 5.82 Å². The lowest BCUT2D eigenvalue weighted by atomic mass is 9.80. The molecule has 0 aromatic carbocycles. The molecular weight excluding hydrogens is 248 g/mol. The van der Waals surface area contributed by atoms with Gasteiger partial charge in [0, 0.05) is 13.1 Å². The third-order valence-corrected chi connectivity index (χ3v) is 4.00. The van der Waals surface area contributed by atoms with Crippen LogP contribution in [-0.2, 0) is 0 Å². The molecule has 2 N–H and O–H groups in total. The zero-order valence-electron chi connectivity index (χ0n) is 11.2. The molecule has 4 nitrogen and oxygen atoms in total. The van der Waals surface area contributed by atoms with E-state index in [-0.39, 0.29) is 0 Å². The molecule has 2 rings (SSSR count). The van der Waals surface area contributed by atoms with Gasteiger partial charge in [-0.05, 0) is 31.1 Å². The number of nitrogens with zero attached hydrogens (tertiary/aromatic N) is 2. The number of hydrogen-bond donors (Lipinski definition) is 2. The Labute approximate surface area is 114 Å². The highest BCUT2D eigenvalue weighted by atomic mass is 35.5. The number of rotatable bonds is 3. The largest absolute Gasteiger partial charge is 0.366 e. The minimum atomic E-state index is 0.457. The van der Waals surface area contributed by atoms with Crippen LogP contribution in [0.25, 0.3) is 0 Å². The van der Waals surface area contributed by atoms with Crippen LogP contribution in [-0.4, -0.2) is 23.1 Å². The summed E-state index contributed by atoms with van der Waals surface area (Å²) in [5.41, 5.74) is 0. The van der Waals surface area contributed by atoms with Gasteiger partial charge in [-0.2, -0.15) is 4.98 Å². The van der Waals surface area contributed by atoms with Gasteiger partial charge in [0.25, 0.3) is 0 Å². The molecule has 100 valence electrons. The van der Waals surface area contributed by atoms with E-state index >= 15 is 0 Å². The maximum atomic E-state index is 6.13. The number of anilines is 2. The molecule has 0 amide bonds. The lowest BCUT2D eigenvalue weighted by Gasteiger charge is -2.33. The lowest BCUT2D eigenvalue weighted by molar-refractivity contribution is 0.276. The van der Waals surface area contributed by atoms with Gasteiger partial charge >= 0.3 is 0 Å². The molecule has 0 bridgehead atoms. The Bertz CT molecular complexity index is 410. The van der Waals surface area contributed by atoms with E-state index in [1.54, 1.807) is 13.2 Å². The summed E-state index contributed by atoms with van der Waals surface area (Å²) < 4.78 is 0. The fourth-order valence-electron chi connectivity index (χ4n) is 2.64. The zero-order chi connectivity index (χ0) is 13.1. The van der Waals surface area contributed by atoms with E-state index in [0.717, 1.165) is 11.7 Å². The number of aromatic nitrogens is 2. The van der Waals surface area contributed by atoms with Crippen molar-refractivity contribution < 1.29 is 0 Å². The van der Waals surface area contributed by atoms with Crippen molar-refractivity contribution in [3.8, 4) is 0 Å². The van der Waals surface area contributed by atoms with Gasteiger partial charge in [-0.3, -0.25) is 0 Å². The Kier molecular flexibility index (Phi) is 4.27. The van der Waals surface area contributed by atoms with Crippen molar-refractivity contribution in [3.05, 3.63) is 11.2 Å². The first-order chi connectivity index (χ1) is 8.60. The number of halogens is 1. The summed E-state index contributed by atoms with van der Waals surface area (Å²) in [5, 5.41) is 6.98. The molecule has 1 heterocycles. The smallest absolute Gasteiger partial charge is 0.224 e. The van der Waals surface area contributed by atoms with Crippen LogP contribution in [0.2, 0.25) is 5.02 Å². The van der Waals surface area contributed by atoms with Crippen molar-refractivity contribution in [2.45, 2.75) is 39.2 Å². The van der Waals surface area contributed by atoms with Gasteiger partial charge in [0.1, 0.15) is 5.02 Å².